The van der Waals surface area contributed by atoms with Crippen molar-refractivity contribution in [3.8, 4) is 40.1 Å². The second-order valence-electron chi connectivity index (χ2n) is 7.37. The fourth-order valence-corrected chi connectivity index (χ4v) is 3.30. The van der Waals surface area contributed by atoms with Gasteiger partial charge in [-0.1, -0.05) is 30.3 Å². The van der Waals surface area contributed by atoms with Gasteiger partial charge >= 0.3 is 5.97 Å². The summed E-state index contributed by atoms with van der Waals surface area (Å²) >= 11 is 0. The monoisotopic (exact) mass is 478 g/mol. The summed E-state index contributed by atoms with van der Waals surface area (Å²) in [6, 6.07) is 18.9. The summed E-state index contributed by atoms with van der Waals surface area (Å²) in [5.41, 5.74) is 8.05. The molecular formula is C26H20F2N2O5. The highest BCUT2D eigenvalue weighted by atomic mass is 19.1. The molecule has 1 heterocycles. The molecule has 0 unspecified atom stereocenters. The molecule has 178 valence electrons. The van der Waals surface area contributed by atoms with Crippen molar-refractivity contribution in [3.05, 3.63) is 95.6 Å². The molecular weight excluding hydrogens is 458 g/mol. The highest BCUT2D eigenvalue weighted by Gasteiger charge is 2.20. The van der Waals surface area contributed by atoms with Crippen LogP contribution < -0.4 is 19.9 Å². The fourth-order valence-electron chi connectivity index (χ4n) is 3.30. The van der Waals surface area contributed by atoms with Gasteiger partial charge in [-0.25, -0.2) is 13.6 Å². The summed E-state index contributed by atoms with van der Waals surface area (Å²) in [5, 5.41) is 9.44. The topological polar surface area (TPSA) is 104 Å². The maximum atomic E-state index is 14.5. The van der Waals surface area contributed by atoms with Crippen LogP contribution >= 0.6 is 0 Å². The molecule has 0 saturated heterocycles. The number of hydrogen-bond donors (Lipinski definition) is 2. The van der Waals surface area contributed by atoms with Gasteiger partial charge in [0.05, 0.1) is 7.11 Å². The van der Waals surface area contributed by atoms with Crippen LogP contribution in [0.5, 0.6) is 29.0 Å². The van der Waals surface area contributed by atoms with Gasteiger partial charge in [0.2, 0.25) is 0 Å². The summed E-state index contributed by atoms with van der Waals surface area (Å²) in [6.45, 7) is 0.384. The lowest BCUT2D eigenvalue weighted by atomic mass is 10.0. The molecule has 0 amide bonds. The number of nitrogens with two attached hydrogens (primary N) is 1. The van der Waals surface area contributed by atoms with Crippen molar-refractivity contribution in [1.29, 1.82) is 0 Å². The highest BCUT2D eigenvalue weighted by molar-refractivity contribution is 5.91. The number of carboxylic acids is 1. The molecule has 0 aliphatic heterocycles. The number of hydrogen-bond acceptors (Lipinski definition) is 6. The Morgan fingerprint density at radius 3 is 2.26 bits per heavy atom. The van der Waals surface area contributed by atoms with E-state index in [1.165, 1.54) is 25.3 Å². The number of carbonyl (C=O) groups is 1. The van der Waals surface area contributed by atoms with Crippen LogP contribution in [-0.4, -0.2) is 23.2 Å². The minimum Gasteiger partial charge on any atom is -0.497 e. The standard InChI is InChI=1S/C26H20F2N2O5/c1-33-18-8-9-23(20(12-18)26(31)32)35-25-22(28)13-21(27)24(30-25)34-19-7-3-6-17(11-19)16-5-2-4-15(10-16)14-29/h2-13H,14,29H2,1H3,(H,31,32). The lowest BCUT2D eigenvalue weighted by Crippen LogP contribution is -2.03. The van der Waals surface area contributed by atoms with Crippen molar-refractivity contribution in [2.75, 3.05) is 7.11 Å². The van der Waals surface area contributed by atoms with Crippen LogP contribution in [0.25, 0.3) is 11.1 Å². The van der Waals surface area contributed by atoms with E-state index in [2.05, 4.69) is 4.98 Å². The molecule has 7 nitrogen and oxygen atoms in total. The SMILES string of the molecule is COc1ccc(Oc2nc(Oc3cccc(-c4cccc(CN)c4)c3)c(F)cc2F)c(C(=O)O)c1. The Labute approximate surface area is 199 Å². The number of benzene rings is 3. The number of halogens is 2. The third-order valence-corrected chi connectivity index (χ3v) is 5.03. The van der Waals surface area contributed by atoms with Crippen LogP contribution in [0.3, 0.4) is 0 Å². The summed E-state index contributed by atoms with van der Waals surface area (Å²) in [7, 11) is 1.37. The Hall–Kier alpha value is -4.50. The first kappa shape index (κ1) is 23.7. The third-order valence-electron chi connectivity index (χ3n) is 5.03. The van der Waals surface area contributed by atoms with E-state index in [0.29, 0.717) is 12.6 Å². The zero-order valence-corrected chi connectivity index (χ0v) is 18.5. The number of rotatable bonds is 8. The Morgan fingerprint density at radius 1 is 0.886 bits per heavy atom. The van der Waals surface area contributed by atoms with E-state index in [4.69, 9.17) is 19.9 Å². The van der Waals surface area contributed by atoms with E-state index in [1.807, 2.05) is 30.3 Å². The van der Waals surface area contributed by atoms with Crippen LogP contribution in [0, 0.1) is 11.6 Å². The van der Waals surface area contributed by atoms with Gasteiger partial charge in [0.25, 0.3) is 11.8 Å². The molecule has 1 aromatic heterocycles. The van der Waals surface area contributed by atoms with Crippen molar-refractivity contribution in [3.63, 3.8) is 0 Å². The van der Waals surface area contributed by atoms with Crippen LogP contribution in [0.4, 0.5) is 8.78 Å². The normalized spacial score (nSPS) is 10.6. The molecule has 4 aromatic rings. The Kier molecular flexibility index (Phi) is 6.88. The number of aromatic carboxylic acids is 1. The maximum Gasteiger partial charge on any atom is 0.339 e. The molecule has 0 spiro atoms. The largest absolute Gasteiger partial charge is 0.497 e. The lowest BCUT2D eigenvalue weighted by molar-refractivity contribution is 0.0693. The van der Waals surface area contributed by atoms with E-state index < -0.39 is 29.4 Å². The number of carboxylic acid groups (broad SMARTS) is 1. The van der Waals surface area contributed by atoms with Crippen LogP contribution in [0.1, 0.15) is 15.9 Å². The van der Waals surface area contributed by atoms with E-state index in [0.717, 1.165) is 16.7 Å². The molecule has 0 bridgehead atoms. The lowest BCUT2D eigenvalue weighted by Gasteiger charge is -2.12. The van der Waals surface area contributed by atoms with Crippen LogP contribution in [0.2, 0.25) is 0 Å². The zero-order valence-electron chi connectivity index (χ0n) is 18.5. The van der Waals surface area contributed by atoms with E-state index >= 15 is 0 Å². The molecule has 0 saturated carbocycles. The van der Waals surface area contributed by atoms with Crippen molar-refractivity contribution in [2.24, 2.45) is 5.73 Å². The Balaban J connectivity index is 1.64. The van der Waals surface area contributed by atoms with Gasteiger partial charge in [0.1, 0.15) is 22.8 Å². The summed E-state index contributed by atoms with van der Waals surface area (Å²) in [4.78, 5) is 15.4. The van der Waals surface area contributed by atoms with Gasteiger partial charge in [-0.15, -0.1) is 0 Å². The summed E-state index contributed by atoms with van der Waals surface area (Å²) in [6.07, 6.45) is 0. The Morgan fingerprint density at radius 2 is 1.57 bits per heavy atom. The number of aromatic nitrogens is 1. The predicted octanol–water partition coefficient (Wildman–Crippen LogP) is 5.78. The first-order valence-electron chi connectivity index (χ1n) is 10.4. The minimum atomic E-state index is -1.33. The van der Waals surface area contributed by atoms with E-state index in [1.54, 1.807) is 18.2 Å². The van der Waals surface area contributed by atoms with Gasteiger partial charge in [-0.3, -0.25) is 0 Å². The predicted molar refractivity (Wildman–Crippen MR) is 124 cm³/mol. The zero-order chi connectivity index (χ0) is 24.9. The molecule has 3 N–H and O–H groups in total. The van der Waals surface area contributed by atoms with Crippen molar-refractivity contribution >= 4 is 5.97 Å². The average molecular weight is 478 g/mol. The molecule has 0 fully saturated rings. The van der Waals surface area contributed by atoms with Gasteiger partial charge in [0, 0.05) is 12.6 Å². The smallest absolute Gasteiger partial charge is 0.339 e. The number of ether oxygens (including phenoxy) is 3. The molecule has 3 aromatic carbocycles. The van der Waals surface area contributed by atoms with Crippen LogP contribution in [-0.2, 0) is 6.54 Å². The van der Waals surface area contributed by atoms with Gasteiger partial charge in [-0.2, -0.15) is 4.98 Å². The molecule has 0 radical (unpaired) electrons. The van der Waals surface area contributed by atoms with Crippen molar-refractivity contribution < 1.29 is 32.9 Å². The average Bonchev–Trinajstić information content (AvgIpc) is 2.87. The number of pyridine rings is 1. The Bertz CT molecular complexity index is 1390. The van der Waals surface area contributed by atoms with Gasteiger partial charge in [-0.05, 0) is 53.1 Å². The van der Waals surface area contributed by atoms with Crippen molar-refractivity contribution in [2.45, 2.75) is 6.54 Å². The minimum absolute atomic E-state index is 0.205. The van der Waals surface area contributed by atoms with Gasteiger partial charge < -0.3 is 25.1 Å². The second kappa shape index (κ2) is 10.2. The quantitative estimate of drug-likeness (QED) is 0.331. The third kappa shape index (κ3) is 5.36. The van der Waals surface area contributed by atoms with Crippen LogP contribution in [0.15, 0.2) is 72.8 Å². The number of methoxy groups -OCH3 is 1. The number of nitrogens with zero attached hydrogens (tertiary/aromatic N) is 1. The molecule has 9 heteroatoms. The first-order chi connectivity index (χ1) is 16.9. The van der Waals surface area contributed by atoms with E-state index in [9.17, 15) is 18.7 Å². The van der Waals surface area contributed by atoms with E-state index in [-0.39, 0.29) is 22.8 Å². The van der Waals surface area contributed by atoms with Crippen molar-refractivity contribution in [1.82, 2.24) is 4.98 Å². The van der Waals surface area contributed by atoms with Gasteiger partial charge in [0.15, 0.2) is 11.6 Å². The molecule has 0 atom stereocenters. The fraction of sp³-hybridized carbons (Fsp3) is 0.0769. The first-order valence-corrected chi connectivity index (χ1v) is 10.4. The maximum absolute atomic E-state index is 14.5. The molecule has 4 rings (SSSR count). The highest BCUT2D eigenvalue weighted by Crippen LogP contribution is 2.33. The molecule has 35 heavy (non-hydrogen) atoms. The molecule has 0 aliphatic carbocycles. The molecule has 0 aliphatic rings. The summed E-state index contributed by atoms with van der Waals surface area (Å²) in [5.74, 6) is -4.39. The second-order valence-corrected chi connectivity index (χ2v) is 7.37. The summed E-state index contributed by atoms with van der Waals surface area (Å²) < 4.78 is 44.9.